The van der Waals surface area contributed by atoms with Crippen molar-refractivity contribution in [2.75, 3.05) is 4.90 Å². The Balaban J connectivity index is 1.74. The normalized spacial score (nSPS) is 27.2. The molecule has 1 saturated carbocycles. The Kier molecular flexibility index (Phi) is 3.81. The third-order valence-electron chi connectivity index (χ3n) is 4.49. The van der Waals surface area contributed by atoms with E-state index in [2.05, 4.69) is 31.0 Å². The fraction of sp³-hybridized carbons (Fsp3) is 0.800. The molecule has 2 atom stereocenters. The molecule has 1 aromatic rings. The number of aromatic nitrogens is 1. The molecule has 1 N–H and O–H groups in total. The predicted octanol–water partition coefficient (Wildman–Crippen LogP) is 3.47. The Morgan fingerprint density at radius 1 is 1.32 bits per heavy atom. The van der Waals surface area contributed by atoms with E-state index in [1.165, 1.54) is 47.8 Å². The molecule has 0 amide bonds. The Hall–Kier alpha value is -0.610. The molecule has 2 heterocycles. The summed E-state index contributed by atoms with van der Waals surface area (Å²) in [5.41, 5.74) is 1.22. The van der Waals surface area contributed by atoms with Gasteiger partial charge in [-0.1, -0.05) is 6.92 Å². The van der Waals surface area contributed by atoms with Gasteiger partial charge in [0.1, 0.15) is 0 Å². The molecule has 19 heavy (non-hydrogen) atoms. The summed E-state index contributed by atoms with van der Waals surface area (Å²) in [6, 6.07) is 2.13. The Bertz CT molecular complexity index is 439. The van der Waals surface area contributed by atoms with E-state index < -0.39 is 0 Å². The number of hydrogen-bond donors (Lipinski definition) is 1. The van der Waals surface area contributed by atoms with Crippen molar-refractivity contribution in [3.8, 4) is 0 Å². The Morgan fingerprint density at radius 2 is 2.11 bits per heavy atom. The van der Waals surface area contributed by atoms with Crippen LogP contribution in [0.3, 0.4) is 0 Å². The van der Waals surface area contributed by atoms with Crippen LogP contribution in [0.15, 0.2) is 0 Å². The minimum atomic E-state index is 0.653. The van der Waals surface area contributed by atoms with Crippen molar-refractivity contribution in [1.29, 1.82) is 0 Å². The van der Waals surface area contributed by atoms with E-state index >= 15 is 0 Å². The summed E-state index contributed by atoms with van der Waals surface area (Å²) in [5, 5.41) is 4.86. The second-order valence-electron chi connectivity index (χ2n) is 6.06. The van der Waals surface area contributed by atoms with Gasteiger partial charge in [0.25, 0.3) is 0 Å². The lowest BCUT2D eigenvalue weighted by molar-refractivity contribution is 0.626. The fourth-order valence-electron chi connectivity index (χ4n) is 3.03. The van der Waals surface area contributed by atoms with Gasteiger partial charge in [-0.15, -0.1) is 11.3 Å². The highest BCUT2D eigenvalue weighted by atomic mass is 32.1. The van der Waals surface area contributed by atoms with Crippen molar-refractivity contribution in [3.63, 3.8) is 0 Å². The molecule has 106 valence electrons. The molecule has 0 aromatic carbocycles. The number of aryl methyl sites for hydroxylation is 1. The monoisotopic (exact) mass is 279 g/mol. The first kappa shape index (κ1) is 13.4. The molecule has 0 spiro atoms. The lowest BCUT2D eigenvalue weighted by atomic mass is 10.2. The fourth-order valence-corrected chi connectivity index (χ4v) is 4.22. The highest BCUT2D eigenvalue weighted by Gasteiger charge is 2.32. The van der Waals surface area contributed by atoms with E-state index in [0.717, 1.165) is 12.6 Å². The molecule has 1 aliphatic carbocycles. The average Bonchev–Trinajstić information content (AvgIpc) is 3.05. The lowest BCUT2D eigenvalue weighted by Crippen LogP contribution is -2.33. The summed E-state index contributed by atoms with van der Waals surface area (Å²) in [6.07, 6.45) is 6.58. The Morgan fingerprint density at radius 3 is 2.79 bits per heavy atom. The van der Waals surface area contributed by atoms with Gasteiger partial charge in [-0.2, -0.15) is 0 Å². The first-order chi connectivity index (χ1) is 9.19. The second-order valence-corrected chi connectivity index (χ2v) is 7.12. The second kappa shape index (κ2) is 5.41. The van der Waals surface area contributed by atoms with E-state index in [1.807, 2.05) is 11.3 Å². The quantitative estimate of drug-likeness (QED) is 0.894. The maximum Gasteiger partial charge on any atom is 0.186 e. The van der Waals surface area contributed by atoms with Crippen LogP contribution in [0.4, 0.5) is 5.13 Å². The molecular formula is C15H25N3S. The number of rotatable bonds is 5. The van der Waals surface area contributed by atoms with E-state index in [0.29, 0.717) is 12.1 Å². The molecule has 2 unspecified atom stereocenters. The van der Waals surface area contributed by atoms with Gasteiger partial charge in [0, 0.05) is 29.5 Å². The SMILES string of the molecule is CCC1CCC(C)N1c1nc(C)c(CNC2CC2)s1. The van der Waals surface area contributed by atoms with Gasteiger partial charge in [-0.05, 0) is 46.0 Å². The van der Waals surface area contributed by atoms with Gasteiger partial charge in [-0.25, -0.2) is 4.98 Å². The van der Waals surface area contributed by atoms with Crippen molar-refractivity contribution in [2.24, 2.45) is 0 Å². The third kappa shape index (κ3) is 2.79. The zero-order valence-electron chi connectivity index (χ0n) is 12.3. The Labute approximate surface area is 120 Å². The maximum atomic E-state index is 4.84. The topological polar surface area (TPSA) is 28.2 Å². The first-order valence-electron chi connectivity index (χ1n) is 7.67. The van der Waals surface area contributed by atoms with Gasteiger partial charge in [0.15, 0.2) is 5.13 Å². The van der Waals surface area contributed by atoms with E-state index in [9.17, 15) is 0 Å². The van der Waals surface area contributed by atoms with Gasteiger partial charge in [0.05, 0.1) is 5.69 Å². The summed E-state index contributed by atoms with van der Waals surface area (Å²) >= 11 is 1.90. The molecule has 2 aliphatic rings. The molecule has 1 aliphatic heterocycles. The number of thiazole rings is 1. The van der Waals surface area contributed by atoms with Crippen molar-refractivity contribution in [3.05, 3.63) is 10.6 Å². The van der Waals surface area contributed by atoms with E-state index in [-0.39, 0.29) is 0 Å². The summed E-state index contributed by atoms with van der Waals surface area (Å²) in [7, 11) is 0. The van der Waals surface area contributed by atoms with Crippen molar-refractivity contribution in [2.45, 2.75) is 77.5 Å². The highest BCUT2D eigenvalue weighted by Crippen LogP contribution is 2.36. The van der Waals surface area contributed by atoms with Gasteiger partial charge >= 0.3 is 0 Å². The van der Waals surface area contributed by atoms with Gasteiger partial charge in [0.2, 0.25) is 0 Å². The van der Waals surface area contributed by atoms with Crippen molar-refractivity contribution in [1.82, 2.24) is 10.3 Å². The minimum absolute atomic E-state index is 0.653. The van der Waals surface area contributed by atoms with Crippen molar-refractivity contribution < 1.29 is 0 Å². The van der Waals surface area contributed by atoms with Crippen LogP contribution in [-0.2, 0) is 6.54 Å². The van der Waals surface area contributed by atoms with Gasteiger partial charge < -0.3 is 10.2 Å². The van der Waals surface area contributed by atoms with Crippen LogP contribution in [0.5, 0.6) is 0 Å². The van der Waals surface area contributed by atoms with Crippen LogP contribution in [0.25, 0.3) is 0 Å². The van der Waals surface area contributed by atoms with Crippen LogP contribution < -0.4 is 10.2 Å². The van der Waals surface area contributed by atoms with Crippen LogP contribution in [0.2, 0.25) is 0 Å². The molecule has 3 rings (SSSR count). The van der Waals surface area contributed by atoms with E-state index in [4.69, 9.17) is 4.98 Å². The molecule has 0 radical (unpaired) electrons. The summed E-state index contributed by atoms with van der Waals surface area (Å²) in [4.78, 5) is 8.84. The summed E-state index contributed by atoms with van der Waals surface area (Å²) in [5.74, 6) is 0. The standard InChI is InChI=1S/C15H25N3S/c1-4-13-8-5-10(2)18(13)15-17-11(3)14(19-15)9-16-12-6-7-12/h10,12-13,16H,4-9H2,1-3H3. The van der Waals surface area contributed by atoms with Crippen LogP contribution >= 0.6 is 11.3 Å². The number of anilines is 1. The van der Waals surface area contributed by atoms with Crippen LogP contribution in [0, 0.1) is 6.92 Å². The molecular weight excluding hydrogens is 254 g/mol. The average molecular weight is 279 g/mol. The molecule has 2 fully saturated rings. The zero-order chi connectivity index (χ0) is 13.4. The number of hydrogen-bond acceptors (Lipinski definition) is 4. The summed E-state index contributed by atoms with van der Waals surface area (Å²) in [6.45, 7) is 7.80. The molecule has 4 heteroatoms. The number of nitrogens with one attached hydrogen (secondary N) is 1. The zero-order valence-corrected chi connectivity index (χ0v) is 13.1. The molecule has 1 saturated heterocycles. The van der Waals surface area contributed by atoms with Crippen LogP contribution in [-0.4, -0.2) is 23.1 Å². The third-order valence-corrected chi connectivity index (χ3v) is 5.66. The van der Waals surface area contributed by atoms with E-state index in [1.54, 1.807) is 0 Å². The smallest absolute Gasteiger partial charge is 0.186 e. The highest BCUT2D eigenvalue weighted by molar-refractivity contribution is 7.15. The molecule has 1 aromatic heterocycles. The minimum Gasteiger partial charge on any atom is -0.342 e. The molecule has 0 bridgehead atoms. The van der Waals surface area contributed by atoms with Crippen molar-refractivity contribution >= 4 is 16.5 Å². The van der Waals surface area contributed by atoms with Crippen LogP contribution in [0.1, 0.15) is 56.5 Å². The van der Waals surface area contributed by atoms with Gasteiger partial charge in [-0.3, -0.25) is 0 Å². The lowest BCUT2D eigenvalue weighted by Gasteiger charge is -2.27. The first-order valence-corrected chi connectivity index (χ1v) is 8.48. The molecule has 3 nitrogen and oxygen atoms in total. The maximum absolute atomic E-state index is 4.84. The largest absolute Gasteiger partial charge is 0.342 e. The predicted molar refractivity (Wildman–Crippen MR) is 82.0 cm³/mol. The number of nitrogens with zero attached hydrogens (tertiary/aromatic N) is 2. The summed E-state index contributed by atoms with van der Waals surface area (Å²) < 4.78 is 0.